The molecule has 1 aromatic carbocycles. The monoisotopic (exact) mass is 514 g/mol. The number of aromatic amines is 1. The second-order valence-corrected chi connectivity index (χ2v) is 12.0. The van der Waals surface area contributed by atoms with Gasteiger partial charge >= 0.3 is 0 Å². The zero-order valence-corrected chi connectivity index (χ0v) is 22.5. The number of nitrogens with one attached hydrogen (secondary N) is 3. The van der Waals surface area contributed by atoms with Crippen molar-refractivity contribution in [3.05, 3.63) is 28.9 Å². The first-order valence-corrected chi connectivity index (χ1v) is 12.5. The molecule has 2 heterocycles. The van der Waals surface area contributed by atoms with Crippen molar-refractivity contribution in [2.75, 3.05) is 7.11 Å². The lowest BCUT2D eigenvalue weighted by atomic mass is 9.81. The van der Waals surface area contributed by atoms with E-state index in [2.05, 4.69) is 21.7 Å². The molecular formula is C27H35ClN4O4. The second kappa shape index (κ2) is 10.5. The number of amides is 2. The van der Waals surface area contributed by atoms with Gasteiger partial charge in [-0.1, -0.05) is 32.4 Å². The number of carbonyl (C=O) groups is 3. The highest BCUT2D eigenvalue weighted by atomic mass is 35.5. The molecular weight excluding hydrogens is 480 g/mol. The Hall–Kier alpha value is -3.05. The van der Waals surface area contributed by atoms with E-state index < -0.39 is 12.0 Å². The van der Waals surface area contributed by atoms with Crippen LogP contribution in [0.1, 0.15) is 70.8 Å². The fourth-order valence-electron chi connectivity index (χ4n) is 4.88. The normalized spacial score (nSPS) is 18.8. The Kier molecular flexibility index (Phi) is 8.04. The molecule has 9 heteroatoms. The number of nitrogens with zero attached hydrogens (tertiary/aromatic N) is 1. The van der Waals surface area contributed by atoms with Crippen molar-refractivity contribution in [3.63, 3.8) is 0 Å². The van der Waals surface area contributed by atoms with Crippen LogP contribution in [0, 0.1) is 28.6 Å². The number of methoxy groups -OCH3 is 1. The number of rotatable bonds is 9. The summed E-state index contributed by atoms with van der Waals surface area (Å²) >= 11 is 6.33. The number of aromatic nitrogens is 1. The van der Waals surface area contributed by atoms with E-state index in [0.717, 1.165) is 5.39 Å². The number of H-pyrrole nitrogens is 1. The molecule has 2 amide bonds. The summed E-state index contributed by atoms with van der Waals surface area (Å²) in [7, 11) is 1.54. The molecule has 3 rings (SSSR count). The predicted molar refractivity (Wildman–Crippen MR) is 139 cm³/mol. The summed E-state index contributed by atoms with van der Waals surface area (Å²) in [4.78, 5) is 41.9. The Morgan fingerprint density at radius 2 is 2.00 bits per heavy atom. The lowest BCUT2D eigenvalue weighted by molar-refractivity contribution is -0.127. The van der Waals surface area contributed by atoms with Gasteiger partial charge in [-0.3, -0.25) is 14.4 Å². The molecule has 1 saturated heterocycles. The number of fused-ring (bicyclic) bond motifs is 1. The van der Waals surface area contributed by atoms with Crippen LogP contribution in [0.4, 0.5) is 0 Å². The third-order valence-electron chi connectivity index (χ3n) is 6.43. The van der Waals surface area contributed by atoms with Crippen molar-refractivity contribution >= 4 is 40.1 Å². The van der Waals surface area contributed by atoms with Crippen LogP contribution in [0.3, 0.4) is 0 Å². The van der Waals surface area contributed by atoms with Gasteiger partial charge in [-0.25, -0.2) is 0 Å². The minimum absolute atomic E-state index is 0.0280. The van der Waals surface area contributed by atoms with Crippen molar-refractivity contribution in [2.45, 2.75) is 71.9 Å². The maximum atomic E-state index is 13.3. The van der Waals surface area contributed by atoms with Gasteiger partial charge in [0.1, 0.15) is 11.8 Å². The van der Waals surface area contributed by atoms with E-state index in [1.165, 1.54) is 0 Å². The number of ketones is 1. The minimum atomic E-state index is -0.820. The highest BCUT2D eigenvalue weighted by Crippen LogP contribution is 2.32. The molecule has 1 aliphatic rings. The maximum Gasteiger partial charge on any atom is 0.224 e. The highest BCUT2D eigenvalue weighted by molar-refractivity contribution is 6.35. The van der Waals surface area contributed by atoms with Crippen LogP contribution >= 0.6 is 11.6 Å². The summed E-state index contributed by atoms with van der Waals surface area (Å²) in [6, 6.07) is 6.45. The Labute approximate surface area is 217 Å². The standard InChI is InChI=1S/C27H35ClN4O4/c1-26(2,3)12-17(24(34)30-18(14-29)7-16-13-27(4,5)32-25(16)35)10-22(33)21-9-15-8-19(36-6)11-20(28)23(15)31-21/h8-9,11,16-18,31H,7,10,12-13H2,1-6H3,(H,30,34)(H,32,35). The first kappa shape index (κ1) is 27.5. The molecule has 1 aromatic heterocycles. The van der Waals surface area contributed by atoms with E-state index in [4.69, 9.17) is 16.3 Å². The number of nitriles is 1. The molecule has 36 heavy (non-hydrogen) atoms. The molecule has 3 unspecified atom stereocenters. The largest absolute Gasteiger partial charge is 0.497 e. The van der Waals surface area contributed by atoms with Crippen molar-refractivity contribution in [3.8, 4) is 11.8 Å². The number of benzene rings is 1. The highest BCUT2D eigenvalue weighted by Gasteiger charge is 2.39. The Balaban J connectivity index is 1.75. The smallest absolute Gasteiger partial charge is 0.224 e. The van der Waals surface area contributed by atoms with Gasteiger partial charge in [0.15, 0.2) is 5.78 Å². The zero-order valence-electron chi connectivity index (χ0n) is 21.8. The van der Waals surface area contributed by atoms with E-state index in [-0.39, 0.29) is 47.3 Å². The van der Waals surface area contributed by atoms with E-state index >= 15 is 0 Å². The number of hydrogen-bond donors (Lipinski definition) is 3. The SMILES string of the molecule is COc1cc(Cl)c2[nH]c(C(=O)CC(CC(C)(C)C)C(=O)NC(C#N)CC3CC(C)(C)NC3=O)cc2c1. The molecule has 0 spiro atoms. The number of halogens is 1. The van der Waals surface area contributed by atoms with Crippen molar-refractivity contribution < 1.29 is 19.1 Å². The molecule has 3 N–H and O–H groups in total. The molecule has 1 aliphatic heterocycles. The minimum Gasteiger partial charge on any atom is -0.497 e. The number of ether oxygens (including phenoxy) is 1. The Morgan fingerprint density at radius 3 is 2.56 bits per heavy atom. The average molecular weight is 515 g/mol. The van der Waals surface area contributed by atoms with Gasteiger partial charge < -0.3 is 20.4 Å². The first-order chi connectivity index (χ1) is 16.7. The van der Waals surface area contributed by atoms with Crippen LogP contribution < -0.4 is 15.4 Å². The van der Waals surface area contributed by atoms with Crippen LogP contribution in [0.2, 0.25) is 5.02 Å². The van der Waals surface area contributed by atoms with Gasteiger partial charge in [0.2, 0.25) is 11.8 Å². The Morgan fingerprint density at radius 1 is 1.31 bits per heavy atom. The third kappa shape index (κ3) is 6.79. The fourth-order valence-corrected chi connectivity index (χ4v) is 5.14. The van der Waals surface area contributed by atoms with E-state index in [0.29, 0.717) is 34.8 Å². The van der Waals surface area contributed by atoms with Gasteiger partial charge in [0.25, 0.3) is 0 Å². The number of Topliss-reactive ketones (excluding diaryl/α,β-unsaturated/α-hetero) is 1. The lowest BCUT2D eigenvalue weighted by Crippen LogP contribution is -2.41. The summed E-state index contributed by atoms with van der Waals surface area (Å²) in [6.45, 7) is 9.87. The van der Waals surface area contributed by atoms with E-state index in [1.807, 2.05) is 34.6 Å². The van der Waals surface area contributed by atoms with Gasteiger partial charge in [0.05, 0.1) is 29.4 Å². The molecule has 0 aliphatic carbocycles. The quantitative estimate of drug-likeness (QED) is 0.416. The predicted octanol–water partition coefficient (Wildman–Crippen LogP) is 4.77. The van der Waals surface area contributed by atoms with Gasteiger partial charge in [-0.05, 0) is 50.7 Å². The van der Waals surface area contributed by atoms with E-state index in [1.54, 1.807) is 25.3 Å². The van der Waals surface area contributed by atoms with Crippen molar-refractivity contribution in [1.82, 2.24) is 15.6 Å². The van der Waals surface area contributed by atoms with Gasteiger partial charge in [0, 0.05) is 35.2 Å². The summed E-state index contributed by atoms with van der Waals surface area (Å²) in [5, 5.41) is 16.6. The molecule has 3 atom stereocenters. The molecule has 194 valence electrons. The summed E-state index contributed by atoms with van der Waals surface area (Å²) in [6.07, 6.45) is 1.25. The molecule has 2 aromatic rings. The molecule has 1 fully saturated rings. The van der Waals surface area contributed by atoms with Gasteiger partial charge in [-0.15, -0.1) is 0 Å². The Bertz CT molecular complexity index is 1200. The zero-order chi connectivity index (χ0) is 26.8. The fraction of sp³-hybridized carbons (Fsp3) is 0.556. The van der Waals surface area contributed by atoms with Crippen molar-refractivity contribution in [1.29, 1.82) is 5.26 Å². The van der Waals surface area contributed by atoms with Crippen LogP contribution in [-0.4, -0.2) is 41.3 Å². The van der Waals surface area contributed by atoms with Crippen LogP contribution in [0.15, 0.2) is 18.2 Å². The third-order valence-corrected chi connectivity index (χ3v) is 6.73. The summed E-state index contributed by atoms with van der Waals surface area (Å²) in [5.41, 5.74) is 0.421. The topological polar surface area (TPSA) is 124 Å². The van der Waals surface area contributed by atoms with E-state index in [9.17, 15) is 19.6 Å². The van der Waals surface area contributed by atoms with Crippen LogP contribution in [0.5, 0.6) is 5.75 Å². The second-order valence-electron chi connectivity index (χ2n) is 11.5. The molecule has 8 nitrogen and oxygen atoms in total. The van der Waals surface area contributed by atoms with Crippen molar-refractivity contribution in [2.24, 2.45) is 17.3 Å². The van der Waals surface area contributed by atoms with Crippen LogP contribution in [0.25, 0.3) is 10.9 Å². The summed E-state index contributed by atoms with van der Waals surface area (Å²) < 4.78 is 5.25. The number of hydrogen-bond acceptors (Lipinski definition) is 5. The molecule has 0 bridgehead atoms. The van der Waals surface area contributed by atoms with Gasteiger partial charge in [-0.2, -0.15) is 5.26 Å². The number of carbonyl (C=O) groups excluding carboxylic acids is 3. The lowest BCUT2D eigenvalue weighted by Gasteiger charge is -2.26. The molecule has 0 saturated carbocycles. The maximum absolute atomic E-state index is 13.3. The molecule has 0 radical (unpaired) electrons. The average Bonchev–Trinajstić information content (AvgIpc) is 3.31. The van der Waals surface area contributed by atoms with Crippen LogP contribution in [-0.2, 0) is 9.59 Å². The summed E-state index contributed by atoms with van der Waals surface area (Å²) in [5.74, 6) is -1.10. The first-order valence-electron chi connectivity index (χ1n) is 12.1.